The fourth-order valence-corrected chi connectivity index (χ4v) is 5.86. The standard InChI is InChI=1S/C33H61NO6.C6H14N2O2.Na.H/c1-3-5-7-9-11-13-15-17-19-21-23-25-30(35)34(29(33(39)40)27-28-32(37)38)31(36)26-24-22-20-18-16-14-12-10-8-6-4-2;7-4-2-1-3-5(8)6(9)10;;/h29H,3-28H2,1-2H3,(H,37,38)(H,39,40);5H,1-4,7-8H2,(H,9,10);;/q;;+1;-1/t29-;5-;;/m00../s1. The van der Waals surface area contributed by atoms with Crippen molar-refractivity contribution >= 4 is 29.7 Å². The van der Waals surface area contributed by atoms with Crippen molar-refractivity contribution in [2.75, 3.05) is 6.54 Å². The van der Waals surface area contributed by atoms with Gasteiger partial charge >= 0.3 is 47.5 Å². The number of carbonyl (C=O) groups is 5. The molecular weight excluding hydrogens is 661 g/mol. The molecule has 0 saturated heterocycles. The molecule has 0 saturated carbocycles. The smallest absolute Gasteiger partial charge is 1.00 e. The largest absolute Gasteiger partial charge is 1.00 e. The predicted molar refractivity (Wildman–Crippen MR) is 202 cm³/mol. The number of hydrogen-bond acceptors (Lipinski definition) is 7. The van der Waals surface area contributed by atoms with Crippen molar-refractivity contribution in [3.05, 3.63) is 0 Å². The van der Waals surface area contributed by atoms with Crippen LogP contribution in [0.5, 0.6) is 0 Å². The van der Waals surface area contributed by atoms with Gasteiger partial charge in [-0.3, -0.25) is 24.1 Å². The Morgan fingerprint density at radius 1 is 0.510 bits per heavy atom. The maximum Gasteiger partial charge on any atom is 1.00 e. The minimum Gasteiger partial charge on any atom is -1.00 e. The Morgan fingerprint density at radius 3 is 1.16 bits per heavy atom. The second kappa shape index (κ2) is 39.7. The Kier molecular flexibility index (Phi) is 41.9. The fraction of sp³-hybridized carbons (Fsp3) is 0.872. The zero-order valence-electron chi connectivity index (χ0n) is 33.9. The normalized spacial score (nSPS) is 11.8. The Balaban J connectivity index is -0.000000831. The molecule has 0 aliphatic heterocycles. The molecule has 7 N–H and O–H groups in total. The first-order chi connectivity index (χ1) is 24.0. The number of carbonyl (C=O) groups excluding carboxylic acids is 2. The number of unbranched alkanes of at least 4 members (excludes halogenated alkanes) is 21. The van der Waals surface area contributed by atoms with Crippen molar-refractivity contribution in [3.8, 4) is 0 Å². The monoisotopic (exact) mass is 738 g/mol. The van der Waals surface area contributed by atoms with Crippen molar-refractivity contribution in [3.63, 3.8) is 0 Å². The van der Waals surface area contributed by atoms with Gasteiger partial charge in [0, 0.05) is 19.3 Å². The van der Waals surface area contributed by atoms with Gasteiger partial charge in [0.15, 0.2) is 0 Å². The molecule has 2 atom stereocenters. The molecule has 51 heavy (non-hydrogen) atoms. The number of carboxylic acid groups (broad SMARTS) is 3. The summed E-state index contributed by atoms with van der Waals surface area (Å²) >= 11 is 0. The Morgan fingerprint density at radius 2 is 0.863 bits per heavy atom. The quantitative estimate of drug-likeness (QED) is 0.0403. The van der Waals surface area contributed by atoms with Crippen LogP contribution in [0.15, 0.2) is 0 Å². The maximum absolute atomic E-state index is 13.0. The van der Waals surface area contributed by atoms with Crippen molar-refractivity contribution in [1.82, 2.24) is 4.90 Å². The first kappa shape index (κ1) is 53.8. The van der Waals surface area contributed by atoms with Crippen LogP contribution in [0.25, 0.3) is 0 Å². The average Bonchev–Trinajstić information content (AvgIpc) is 3.07. The average molecular weight is 738 g/mol. The number of aliphatic carboxylic acids is 3. The molecular formula is C39H76N3NaO8. The van der Waals surface area contributed by atoms with Crippen LogP contribution in [0, 0.1) is 0 Å². The number of rotatable bonds is 34. The van der Waals surface area contributed by atoms with Crippen molar-refractivity contribution in [2.24, 2.45) is 11.5 Å². The predicted octanol–water partition coefficient (Wildman–Crippen LogP) is 5.71. The fourth-order valence-electron chi connectivity index (χ4n) is 5.86. The summed E-state index contributed by atoms with van der Waals surface area (Å²) in [6, 6.07) is -2.14. The van der Waals surface area contributed by atoms with Gasteiger partial charge in [-0.2, -0.15) is 0 Å². The molecule has 0 unspecified atom stereocenters. The number of hydrogen-bond donors (Lipinski definition) is 5. The van der Waals surface area contributed by atoms with Crippen LogP contribution >= 0.6 is 0 Å². The number of carboxylic acids is 3. The van der Waals surface area contributed by atoms with E-state index in [2.05, 4.69) is 13.8 Å². The summed E-state index contributed by atoms with van der Waals surface area (Å²) in [6.07, 6.45) is 26.8. The second-order valence-corrected chi connectivity index (χ2v) is 13.7. The molecule has 0 aromatic rings. The van der Waals surface area contributed by atoms with E-state index in [9.17, 15) is 29.1 Å². The molecule has 0 heterocycles. The molecule has 0 aliphatic rings. The van der Waals surface area contributed by atoms with Gasteiger partial charge in [0.2, 0.25) is 11.8 Å². The Labute approximate surface area is 333 Å². The first-order valence-corrected chi connectivity index (χ1v) is 20.0. The van der Waals surface area contributed by atoms with Gasteiger partial charge in [0.1, 0.15) is 12.1 Å². The second-order valence-electron chi connectivity index (χ2n) is 13.7. The van der Waals surface area contributed by atoms with E-state index in [-0.39, 0.29) is 50.2 Å². The van der Waals surface area contributed by atoms with Gasteiger partial charge in [0.25, 0.3) is 0 Å². The molecule has 0 aromatic heterocycles. The SMILES string of the molecule is CCCCCCCCCCCCCC(=O)N(C(=O)CCCCCCCCCCCCC)[C@@H](CCC(=O)O)C(=O)O.NCCCC[C@H](N)C(=O)O.[H-].[Na+]. The molecule has 0 spiro atoms. The number of nitrogens with two attached hydrogens (primary N) is 2. The molecule has 12 heteroatoms. The number of amides is 2. The van der Waals surface area contributed by atoms with E-state index in [1.807, 2.05) is 0 Å². The van der Waals surface area contributed by atoms with E-state index >= 15 is 0 Å². The number of imide groups is 1. The zero-order valence-corrected chi connectivity index (χ0v) is 34.9. The van der Waals surface area contributed by atoms with Gasteiger partial charge in [-0.25, -0.2) is 4.79 Å². The molecule has 0 rings (SSSR count). The minimum absolute atomic E-state index is 0. The van der Waals surface area contributed by atoms with E-state index in [0.717, 1.165) is 56.3 Å². The third-order valence-corrected chi connectivity index (χ3v) is 9.04. The van der Waals surface area contributed by atoms with E-state index in [0.29, 0.717) is 25.8 Å². The molecule has 0 bridgehead atoms. The van der Waals surface area contributed by atoms with Gasteiger partial charge in [0.05, 0.1) is 0 Å². The summed E-state index contributed by atoms with van der Waals surface area (Å²) in [7, 11) is 0. The Bertz CT molecular complexity index is 847. The molecule has 0 fully saturated rings. The summed E-state index contributed by atoms with van der Waals surface area (Å²) in [6.45, 7) is 5.04. The van der Waals surface area contributed by atoms with E-state index in [1.54, 1.807) is 0 Å². The minimum atomic E-state index is -1.42. The van der Waals surface area contributed by atoms with Crippen molar-refractivity contribution in [1.29, 1.82) is 0 Å². The molecule has 2 amide bonds. The van der Waals surface area contributed by atoms with Gasteiger partial charge in [-0.05, 0) is 38.6 Å². The number of nitrogens with zero attached hydrogens (tertiary/aromatic N) is 1. The van der Waals surface area contributed by atoms with E-state index in [1.165, 1.54) is 89.9 Å². The topological polar surface area (TPSA) is 201 Å². The molecule has 296 valence electrons. The maximum atomic E-state index is 13.0. The van der Waals surface area contributed by atoms with Crippen LogP contribution in [0.2, 0.25) is 0 Å². The molecule has 0 aromatic carbocycles. The van der Waals surface area contributed by atoms with E-state index in [4.69, 9.17) is 21.7 Å². The molecule has 0 aliphatic carbocycles. The zero-order chi connectivity index (χ0) is 37.8. The van der Waals surface area contributed by atoms with Crippen LogP contribution in [0.4, 0.5) is 0 Å². The Hall–Kier alpha value is -1.53. The van der Waals surface area contributed by atoms with Crippen LogP contribution in [-0.2, 0) is 24.0 Å². The van der Waals surface area contributed by atoms with E-state index < -0.39 is 48.2 Å². The summed E-state index contributed by atoms with van der Waals surface area (Å²) < 4.78 is 0. The van der Waals surface area contributed by atoms with Crippen LogP contribution < -0.4 is 41.0 Å². The first-order valence-electron chi connectivity index (χ1n) is 20.0. The van der Waals surface area contributed by atoms with Gasteiger partial charge in [-0.1, -0.05) is 149 Å². The van der Waals surface area contributed by atoms with Crippen LogP contribution in [-0.4, -0.2) is 68.6 Å². The van der Waals surface area contributed by atoms with Crippen LogP contribution in [0.1, 0.15) is 201 Å². The molecule has 11 nitrogen and oxygen atoms in total. The summed E-state index contributed by atoms with van der Waals surface area (Å²) in [4.78, 5) is 60.1. The summed E-state index contributed by atoms with van der Waals surface area (Å²) in [5.74, 6) is -4.36. The van der Waals surface area contributed by atoms with Crippen molar-refractivity contribution in [2.45, 2.75) is 212 Å². The molecule has 0 radical (unpaired) electrons. The van der Waals surface area contributed by atoms with Crippen molar-refractivity contribution < 1.29 is 70.3 Å². The third kappa shape index (κ3) is 35.3. The van der Waals surface area contributed by atoms with Gasteiger partial charge in [-0.15, -0.1) is 0 Å². The third-order valence-electron chi connectivity index (χ3n) is 9.04. The summed E-state index contributed by atoms with van der Waals surface area (Å²) in [5, 5.41) is 27.1. The van der Waals surface area contributed by atoms with Gasteiger partial charge < -0.3 is 28.2 Å². The van der Waals surface area contributed by atoms with Crippen LogP contribution in [0.3, 0.4) is 0 Å². The summed E-state index contributed by atoms with van der Waals surface area (Å²) in [5.41, 5.74) is 10.4.